The summed E-state index contributed by atoms with van der Waals surface area (Å²) in [6, 6.07) is 7.63. The van der Waals surface area contributed by atoms with Gasteiger partial charge in [0.25, 0.3) is 0 Å². The lowest BCUT2D eigenvalue weighted by Crippen LogP contribution is -2.11. The maximum absolute atomic E-state index is 11.6. The summed E-state index contributed by atoms with van der Waals surface area (Å²) >= 11 is 4.19. The molecule has 0 fully saturated rings. The highest BCUT2D eigenvalue weighted by atomic mass is 32.1. The Balaban J connectivity index is 3.09. The quantitative estimate of drug-likeness (QED) is 0.384. The Morgan fingerprint density at radius 2 is 2.00 bits per heavy atom. The van der Waals surface area contributed by atoms with Gasteiger partial charge < -0.3 is 10.1 Å². The van der Waals surface area contributed by atoms with E-state index in [1.807, 2.05) is 38.1 Å². The molecule has 0 aliphatic carbocycles. The van der Waals surface area contributed by atoms with Gasteiger partial charge in [0, 0.05) is 5.69 Å². The molecule has 0 aliphatic heterocycles. The average molecular weight is 276 g/mol. The number of esters is 1. The summed E-state index contributed by atoms with van der Waals surface area (Å²) < 4.78 is 4.81. The maximum Gasteiger partial charge on any atom is 0.351 e. The molecule has 0 spiro atoms. The van der Waals surface area contributed by atoms with Crippen LogP contribution >= 0.6 is 12.6 Å². The van der Waals surface area contributed by atoms with Crippen molar-refractivity contribution >= 4 is 24.3 Å². The molecule has 0 aliphatic rings. The number of nitrogens with zero attached hydrogens (tertiary/aromatic N) is 1. The van der Waals surface area contributed by atoms with Gasteiger partial charge in [-0.3, -0.25) is 0 Å². The second-order valence-electron chi connectivity index (χ2n) is 3.95. The van der Waals surface area contributed by atoms with Crippen molar-refractivity contribution in [3.05, 3.63) is 39.9 Å². The summed E-state index contributed by atoms with van der Waals surface area (Å²) in [6.07, 6.45) is 0. The van der Waals surface area contributed by atoms with E-state index in [2.05, 4.69) is 17.9 Å². The molecule has 0 saturated heterocycles. The molecule has 0 aromatic heterocycles. The molecule has 0 unspecified atom stereocenters. The van der Waals surface area contributed by atoms with E-state index in [1.54, 1.807) is 6.92 Å². The molecular weight excluding hydrogens is 260 g/mol. The van der Waals surface area contributed by atoms with Gasteiger partial charge in [-0.15, -0.1) is 12.6 Å². The van der Waals surface area contributed by atoms with Crippen LogP contribution in [0, 0.1) is 25.2 Å². The summed E-state index contributed by atoms with van der Waals surface area (Å²) in [4.78, 5) is 11.6. The van der Waals surface area contributed by atoms with Crippen molar-refractivity contribution in [2.24, 2.45) is 0 Å². The van der Waals surface area contributed by atoms with E-state index in [4.69, 9.17) is 10.00 Å². The van der Waals surface area contributed by atoms with Crippen LogP contribution in [0.15, 0.2) is 28.8 Å². The topological polar surface area (TPSA) is 62.1 Å². The Hall–Kier alpha value is -1.93. The number of benzene rings is 1. The van der Waals surface area contributed by atoms with E-state index in [9.17, 15) is 4.79 Å². The minimum absolute atomic E-state index is 0.132. The fraction of sp³-hybridized carbons (Fsp3) is 0.286. The monoisotopic (exact) mass is 276 g/mol. The van der Waals surface area contributed by atoms with E-state index in [0.717, 1.165) is 16.8 Å². The number of nitrogens with one attached hydrogen (secondary N) is 1. The van der Waals surface area contributed by atoms with E-state index in [1.165, 1.54) is 0 Å². The maximum atomic E-state index is 11.6. The van der Waals surface area contributed by atoms with Gasteiger partial charge >= 0.3 is 5.97 Å². The summed E-state index contributed by atoms with van der Waals surface area (Å²) in [7, 11) is 0. The molecule has 5 heteroatoms. The molecule has 1 aromatic carbocycles. The van der Waals surface area contributed by atoms with Crippen LogP contribution in [-0.4, -0.2) is 12.6 Å². The van der Waals surface area contributed by atoms with Gasteiger partial charge in [-0.1, -0.05) is 18.2 Å². The number of carbonyl (C=O) groups excluding carboxylic acids is 1. The first kappa shape index (κ1) is 15.1. The van der Waals surface area contributed by atoms with Crippen LogP contribution in [0.25, 0.3) is 0 Å². The van der Waals surface area contributed by atoms with Crippen molar-refractivity contribution in [2.45, 2.75) is 20.8 Å². The molecule has 0 saturated carbocycles. The lowest BCUT2D eigenvalue weighted by atomic mass is 10.1. The second kappa shape index (κ2) is 6.86. The molecule has 1 rings (SSSR count). The van der Waals surface area contributed by atoms with Crippen LogP contribution in [-0.2, 0) is 9.53 Å². The summed E-state index contributed by atoms with van der Waals surface area (Å²) in [5.41, 5.74) is 2.72. The molecule has 4 nitrogen and oxygen atoms in total. The molecule has 0 heterocycles. The number of thiol groups is 1. The van der Waals surface area contributed by atoms with E-state index in [-0.39, 0.29) is 17.2 Å². The van der Waals surface area contributed by atoms with Gasteiger partial charge in [0.1, 0.15) is 6.07 Å². The Labute approximate surface area is 118 Å². The second-order valence-corrected chi connectivity index (χ2v) is 4.39. The lowest BCUT2D eigenvalue weighted by Gasteiger charge is -2.13. The largest absolute Gasteiger partial charge is 0.462 e. The molecular formula is C14H16N2O2S. The first-order valence-electron chi connectivity index (χ1n) is 5.85. The van der Waals surface area contributed by atoms with Crippen molar-refractivity contribution < 1.29 is 9.53 Å². The highest BCUT2D eigenvalue weighted by molar-refractivity contribution is 7.84. The van der Waals surface area contributed by atoms with Crippen LogP contribution in [0.2, 0.25) is 0 Å². The predicted octanol–water partition coefficient (Wildman–Crippen LogP) is 2.94. The molecule has 1 N–H and O–H groups in total. The number of carbonyl (C=O) groups is 1. The molecule has 1 aromatic rings. The lowest BCUT2D eigenvalue weighted by molar-refractivity contribution is -0.138. The first-order valence-corrected chi connectivity index (χ1v) is 6.29. The van der Waals surface area contributed by atoms with Crippen LogP contribution < -0.4 is 5.32 Å². The number of nitriles is 1. The first-order chi connectivity index (χ1) is 9.01. The molecule has 100 valence electrons. The number of aryl methyl sites for hydroxylation is 2. The standard InChI is InChI=1S/C14H16N2O2S/c1-4-18-14(17)11(8-15)13(19)16-12-9(2)6-5-7-10(12)3/h5-7,16,19H,4H2,1-3H3. The number of anilines is 1. The number of hydrogen-bond acceptors (Lipinski definition) is 5. The van der Waals surface area contributed by atoms with Gasteiger partial charge in [-0.2, -0.15) is 5.26 Å². The fourth-order valence-corrected chi connectivity index (χ4v) is 1.84. The minimum atomic E-state index is -0.672. The molecule has 19 heavy (non-hydrogen) atoms. The highest BCUT2D eigenvalue weighted by Crippen LogP contribution is 2.23. The van der Waals surface area contributed by atoms with Gasteiger partial charge in [-0.05, 0) is 31.9 Å². The van der Waals surface area contributed by atoms with Gasteiger partial charge in [0.05, 0.1) is 11.6 Å². The van der Waals surface area contributed by atoms with Crippen molar-refractivity contribution in [3.63, 3.8) is 0 Å². The zero-order valence-corrected chi connectivity index (χ0v) is 12.0. The van der Waals surface area contributed by atoms with Gasteiger partial charge in [-0.25, -0.2) is 4.79 Å². The minimum Gasteiger partial charge on any atom is -0.462 e. The van der Waals surface area contributed by atoms with E-state index < -0.39 is 5.97 Å². The zero-order chi connectivity index (χ0) is 14.4. The summed E-state index contributed by atoms with van der Waals surface area (Å²) in [5, 5.41) is 12.2. The Morgan fingerprint density at radius 1 is 1.42 bits per heavy atom. The summed E-state index contributed by atoms with van der Waals surface area (Å²) in [6.45, 7) is 5.78. The van der Waals surface area contributed by atoms with Crippen LogP contribution in [0.5, 0.6) is 0 Å². The Morgan fingerprint density at radius 3 is 2.47 bits per heavy atom. The number of para-hydroxylation sites is 1. The molecule has 0 amide bonds. The third kappa shape index (κ3) is 3.76. The van der Waals surface area contributed by atoms with Crippen molar-refractivity contribution in [1.82, 2.24) is 0 Å². The third-order valence-corrected chi connectivity index (χ3v) is 2.89. The number of rotatable bonds is 4. The van der Waals surface area contributed by atoms with Gasteiger partial charge in [0.15, 0.2) is 5.57 Å². The summed E-state index contributed by atoms with van der Waals surface area (Å²) in [5.74, 6) is -0.672. The Bertz CT molecular complexity index is 539. The van der Waals surface area contributed by atoms with E-state index >= 15 is 0 Å². The van der Waals surface area contributed by atoms with Crippen molar-refractivity contribution in [1.29, 1.82) is 5.26 Å². The average Bonchev–Trinajstić information content (AvgIpc) is 2.35. The van der Waals surface area contributed by atoms with Crippen molar-refractivity contribution in [2.75, 3.05) is 11.9 Å². The number of ether oxygens (including phenoxy) is 1. The number of hydrogen-bond donors (Lipinski definition) is 2. The van der Waals surface area contributed by atoms with Crippen LogP contribution in [0.1, 0.15) is 18.1 Å². The Kier molecular flexibility index (Phi) is 5.46. The van der Waals surface area contributed by atoms with Crippen LogP contribution in [0.3, 0.4) is 0 Å². The van der Waals surface area contributed by atoms with Crippen molar-refractivity contribution in [3.8, 4) is 6.07 Å². The third-order valence-electron chi connectivity index (χ3n) is 2.55. The normalized spacial score (nSPS) is 11.3. The van der Waals surface area contributed by atoms with Crippen LogP contribution in [0.4, 0.5) is 5.69 Å². The highest BCUT2D eigenvalue weighted by Gasteiger charge is 2.15. The SMILES string of the molecule is CCOC(=O)C(C#N)=C(S)Nc1c(C)cccc1C. The smallest absolute Gasteiger partial charge is 0.351 e. The zero-order valence-electron chi connectivity index (χ0n) is 11.2. The van der Waals surface area contributed by atoms with Gasteiger partial charge in [0.2, 0.25) is 0 Å². The van der Waals surface area contributed by atoms with E-state index in [0.29, 0.717) is 0 Å². The predicted molar refractivity (Wildman–Crippen MR) is 77.8 cm³/mol. The fourth-order valence-electron chi connectivity index (χ4n) is 1.59. The molecule has 0 bridgehead atoms. The molecule has 0 atom stereocenters. The molecule has 0 radical (unpaired) electrons.